The highest BCUT2D eigenvalue weighted by molar-refractivity contribution is 6.32. The normalized spacial score (nSPS) is 10.6. The lowest BCUT2D eigenvalue weighted by Gasteiger charge is -2.09. The van der Waals surface area contributed by atoms with Crippen LogP contribution in [0, 0.1) is 13.8 Å². The van der Waals surface area contributed by atoms with E-state index in [0.717, 1.165) is 11.4 Å². The second-order valence-corrected chi connectivity index (χ2v) is 4.15. The van der Waals surface area contributed by atoms with Gasteiger partial charge < -0.3 is 4.74 Å². The van der Waals surface area contributed by atoms with Crippen molar-refractivity contribution >= 4 is 23.2 Å². The Balaban J connectivity index is 2.68. The predicted octanol–water partition coefficient (Wildman–Crippen LogP) is 2.59. The van der Waals surface area contributed by atoms with E-state index in [4.69, 9.17) is 27.9 Å². The molecule has 5 nitrogen and oxygen atoms in total. The molecule has 90 valence electrons. The van der Waals surface area contributed by atoms with Gasteiger partial charge in [-0.1, -0.05) is 23.2 Å². The SMILES string of the molecule is COc1c(Cl)ncnc1-n1nc(C)c(Cl)c1C. The molecule has 2 rings (SSSR count). The van der Waals surface area contributed by atoms with Crippen molar-refractivity contribution in [2.45, 2.75) is 13.8 Å². The number of hydrogen-bond acceptors (Lipinski definition) is 4. The summed E-state index contributed by atoms with van der Waals surface area (Å²) in [5.41, 5.74) is 1.50. The molecule has 2 heterocycles. The van der Waals surface area contributed by atoms with Crippen molar-refractivity contribution in [1.29, 1.82) is 0 Å². The van der Waals surface area contributed by atoms with E-state index in [-0.39, 0.29) is 5.15 Å². The molecule has 0 N–H and O–H groups in total. The molecule has 0 atom stereocenters. The number of nitrogens with zero attached hydrogens (tertiary/aromatic N) is 4. The quantitative estimate of drug-likeness (QED) is 0.789. The standard InChI is InChI=1S/C10H10Cl2N4O/c1-5-7(11)6(2)16(15-5)10-8(17-3)9(12)13-4-14-10/h4H,1-3H3. The number of methoxy groups -OCH3 is 1. The molecular formula is C10H10Cl2N4O. The van der Waals surface area contributed by atoms with Gasteiger partial charge in [0.15, 0.2) is 5.15 Å². The summed E-state index contributed by atoms with van der Waals surface area (Å²) in [6.07, 6.45) is 1.35. The van der Waals surface area contributed by atoms with Crippen LogP contribution in [0.25, 0.3) is 5.82 Å². The highest BCUT2D eigenvalue weighted by atomic mass is 35.5. The maximum absolute atomic E-state index is 6.08. The topological polar surface area (TPSA) is 52.8 Å². The number of ether oxygens (including phenoxy) is 1. The minimum absolute atomic E-state index is 0.237. The monoisotopic (exact) mass is 272 g/mol. The van der Waals surface area contributed by atoms with E-state index < -0.39 is 0 Å². The molecule has 0 radical (unpaired) electrons. The van der Waals surface area contributed by atoms with Crippen LogP contribution < -0.4 is 4.74 Å². The van der Waals surface area contributed by atoms with E-state index in [1.807, 2.05) is 13.8 Å². The van der Waals surface area contributed by atoms with Crippen LogP contribution >= 0.6 is 23.2 Å². The Labute approximate surface area is 108 Å². The summed E-state index contributed by atoms with van der Waals surface area (Å²) < 4.78 is 6.76. The molecule has 0 spiro atoms. The molecule has 0 aromatic carbocycles. The molecule has 0 unspecified atom stereocenters. The van der Waals surface area contributed by atoms with Gasteiger partial charge in [-0.15, -0.1) is 0 Å². The Morgan fingerprint density at radius 1 is 1.24 bits per heavy atom. The van der Waals surface area contributed by atoms with Crippen molar-refractivity contribution in [3.05, 3.63) is 27.9 Å². The molecule has 0 amide bonds. The molecular weight excluding hydrogens is 263 g/mol. The number of aryl methyl sites for hydroxylation is 1. The Morgan fingerprint density at radius 3 is 2.47 bits per heavy atom. The van der Waals surface area contributed by atoms with Crippen molar-refractivity contribution in [3.8, 4) is 11.6 Å². The Kier molecular flexibility index (Phi) is 3.22. The van der Waals surface area contributed by atoms with E-state index in [9.17, 15) is 0 Å². The zero-order valence-corrected chi connectivity index (χ0v) is 11.0. The zero-order valence-electron chi connectivity index (χ0n) is 9.53. The first kappa shape index (κ1) is 12.1. The predicted molar refractivity (Wildman–Crippen MR) is 65.2 cm³/mol. The van der Waals surface area contributed by atoms with Gasteiger partial charge in [0, 0.05) is 0 Å². The smallest absolute Gasteiger partial charge is 0.201 e. The molecule has 2 aromatic rings. The Hall–Kier alpha value is -1.33. The van der Waals surface area contributed by atoms with Crippen molar-refractivity contribution in [3.63, 3.8) is 0 Å². The molecule has 0 bridgehead atoms. The van der Waals surface area contributed by atoms with Gasteiger partial charge in [-0.25, -0.2) is 14.6 Å². The molecule has 0 saturated heterocycles. The Bertz CT molecular complexity index is 568. The Morgan fingerprint density at radius 2 is 1.94 bits per heavy atom. The minimum Gasteiger partial charge on any atom is -0.490 e. The van der Waals surface area contributed by atoms with E-state index in [1.165, 1.54) is 13.4 Å². The first-order valence-electron chi connectivity index (χ1n) is 4.82. The number of hydrogen-bond donors (Lipinski definition) is 0. The van der Waals surface area contributed by atoms with Gasteiger partial charge in [-0.3, -0.25) is 0 Å². The van der Waals surface area contributed by atoms with Crippen molar-refractivity contribution in [1.82, 2.24) is 19.7 Å². The lowest BCUT2D eigenvalue weighted by Crippen LogP contribution is -2.05. The molecule has 0 aliphatic heterocycles. The molecule has 17 heavy (non-hydrogen) atoms. The van der Waals surface area contributed by atoms with Gasteiger partial charge in [0.25, 0.3) is 0 Å². The van der Waals surface area contributed by atoms with Gasteiger partial charge in [-0.05, 0) is 13.8 Å². The van der Waals surface area contributed by atoms with Crippen LogP contribution in [0.1, 0.15) is 11.4 Å². The highest BCUT2D eigenvalue weighted by Gasteiger charge is 2.17. The van der Waals surface area contributed by atoms with Crippen molar-refractivity contribution in [2.75, 3.05) is 7.11 Å². The van der Waals surface area contributed by atoms with Gasteiger partial charge >= 0.3 is 0 Å². The molecule has 0 aliphatic carbocycles. The molecule has 0 saturated carbocycles. The third kappa shape index (κ3) is 1.96. The lowest BCUT2D eigenvalue weighted by molar-refractivity contribution is 0.407. The largest absolute Gasteiger partial charge is 0.490 e. The van der Waals surface area contributed by atoms with E-state index >= 15 is 0 Å². The highest BCUT2D eigenvalue weighted by Crippen LogP contribution is 2.30. The number of halogens is 2. The lowest BCUT2D eigenvalue weighted by atomic mass is 10.4. The third-order valence-corrected chi connectivity index (χ3v) is 3.17. The van der Waals surface area contributed by atoms with Crippen molar-refractivity contribution < 1.29 is 4.74 Å². The summed E-state index contributed by atoms with van der Waals surface area (Å²) in [7, 11) is 1.50. The summed E-state index contributed by atoms with van der Waals surface area (Å²) in [5, 5.41) is 5.12. The van der Waals surface area contributed by atoms with E-state index in [0.29, 0.717) is 16.6 Å². The van der Waals surface area contributed by atoms with Crippen LogP contribution in [0.2, 0.25) is 10.2 Å². The maximum atomic E-state index is 6.08. The fraction of sp³-hybridized carbons (Fsp3) is 0.300. The summed E-state index contributed by atoms with van der Waals surface area (Å²) in [6.45, 7) is 3.67. The van der Waals surface area contributed by atoms with Crippen LogP contribution in [-0.4, -0.2) is 26.9 Å². The van der Waals surface area contributed by atoms with Gasteiger partial charge in [0.05, 0.1) is 23.5 Å². The van der Waals surface area contributed by atoms with Crippen LogP contribution in [0.5, 0.6) is 5.75 Å². The summed E-state index contributed by atoms with van der Waals surface area (Å²) in [4.78, 5) is 7.97. The second-order valence-electron chi connectivity index (χ2n) is 3.42. The number of aromatic nitrogens is 4. The fourth-order valence-electron chi connectivity index (χ4n) is 1.50. The van der Waals surface area contributed by atoms with Crippen LogP contribution in [-0.2, 0) is 0 Å². The average Bonchev–Trinajstić information content (AvgIpc) is 2.56. The van der Waals surface area contributed by atoms with Crippen LogP contribution in [0.15, 0.2) is 6.33 Å². The summed E-state index contributed by atoms with van der Waals surface area (Å²) in [5.74, 6) is 0.844. The second kappa shape index (κ2) is 4.50. The maximum Gasteiger partial charge on any atom is 0.201 e. The molecule has 2 aromatic heterocycles. The number of rotatable bonds is 2. The molecule has 0 fully saturated rings. The van der Waals surface area contributed by atoms with Gasteiger partial charge in [0.2, 0.25) is 11.6 Å². The van der Waals surface area contributed by atoms with E-state index in [1.54, 1.807) is 4.68 Å². The van der Waals surface area contributed by atoms with Crippen molar-refractivity contribution in [2.24, 2.45) is 0 Å². The zero-order chi connectivity index (χ0) is 12.6. The van der Waals surface area contributed by atoms with Gasteiger partial charge in [0.1, 0.15) is 6.33 Å². The fourth-order valence-corrected chi connectivity index (χ4v) is 1.82. The molecule has 0 aliphatic rings. The summed E-state index contributed by atoms with van der Waals surface area (Å²) >= 11 is 12.0. The van der Waals surface area contributed by atoms with Crippen LogP contribution in [0.4, 0.5) is 0 Å². The van der Waals surface area contributed by atoms with Crippen LogP contribution in [0.3, 0.4) is 0 Å². The molecule has 7 heteroatoms. The van der Waals surface area contributed by atoms with E-state index in [2.05, 4.69) is 15.1 Å². The minimum atomic E-state index is 0.237. The first-order valence-corrected chi connectivity index (χ1v) is 5.58. The average molecular weight is 273 g/mol. The third-order valence-electron chi connectivity index (χ3n) is 2.35. The van der Waals surface area contributed by atoms with Gasteiger partial charge in [-0.2, -0.15) is 5.10 Å². The summed E-state index contributed by atoms with van der Waals surface area (Å²) in [6, 6.07) is 0. The first-order chi connectivity index (χ1) is 8.06.